The van der Waals surface area contributed by atoms with E-state index in [-0.39, 0.29) is 11.2 Å². The number of hydrogen-bond acceptors (Lipinski definition) is 4. The number of benzene rings is 1. The van der Waals surface area contributed by atoms with Gasteiger partial charge >= 0.3 is 0 Å². The van der Waals surface area contributed by atoms with Crippen molar-refractivity contribution in [2.45, 2.75) is 58.2 Å². The van der Waals surface area contributed by atoms with Crippen molar-refractivity contribution >= 4 is 23.4 Å². The summed E-state index contributed by atoms with van der Waals surface area (Å²) in [5.74, 6) is -0.0622. The second kappa shape index (κ2) is 8.37. The van der Waals surface area contributed by atoms with Crippen molar-refractivity contribution in [3.63, 3.8) is 0 Å². The van der Waals surface area contributed by atoms with Crippen LogP contribution in [0.4, 0.5) is 5.69 Å². The number of nitrogens with one attached hydrogen (secondary N) is 1. The highest BCUT2D eigenvalue weighted by atomic mass is 32.2. The van der Waals surface area contributed by atoms with Crippen molar-refractivity contribution in [2.75, 3.05) is 5.32 Å². The molecule has 1 amide bonds. The molecule has 5 heteroatoms. The lowest BCUT2D eigenvalue weighted by atomic mass is 10.1. The van der Waals surface area contributed by atoms with Crippen LogP contribution in [0, 0.1) is 45.9 Å². The monoisotopic (exact) mass is 367 g/mol. The van der Waals surface area contributed by atoms with Crippen LogP contribution in [-0.4, -0.2) is 16.1 Å². The number of amides is 1. The number of aryl methyl sites for hydroxylation is 2. The highest BCUT2D eigenvalue weighted by Gasteiger charge is 2.23. The molecule has 1 heterocycles. The van der Waals surface area contributed by atoms with Gasteiger partial charge in [0, 0.05) is 11.4 Å². The van der Waals surface area contributed by atoms with Gasteiger partial charge in [0.15, 0.2) is 0 Å². The number of aromatic nitrogens is 1. The van der Waals surface area contributed by atoms with Gasteiger partial charge in [-0.15, -0.1) is 0 Å². The van der Waals surface area contributed by atoms with E-state index in [1.54, 1.807) is 0 Å². The number of carbonyl (C=O) groups excluding carboxylic acids is 1. The maximum absolute atomic E-state index is 12.8. The van der Waals surface area contributed by atoms with E-state index in [1.807, 2.05) is 59.7 Å². The van der Waals surface area contributed by atoms with Gasteiger partial charge in [0.2, 0.25) is 5.91 Å². The molecule has 2 aromatic rings. The van der Waals surface area contributed by atoms with Gasteiger partial charge in [0.1, 0.15) is 11.1 Å². The van der Waals surface area contributed by atoms with E-state index in [1.165, 1.54) is 11.8 Å². The third-order valence-electron chi connectivity index (χ3n) is 4.85. The first-order valence-corrected chi connectivity index (χ1v) is 9.59. The van der Waals surface area contributed by atoms with Gasteiger partial charge in [-0.1, -0.05) is 30.8 Å². The van der Waals surface area contributed by atoms with Crippen LogP contribution >= 0.6 is 11.8 Å². The van der Waals surface area contributed by atoms with E-state index in [0.29, 0.717) is 17.0 Å². The quantitative estimate of drug-likeness (QED) is 0.755. The van der Waals surface area contributed by atoms with E-state index >= 15 is 0 Å². The summed E-state index contributed by atoms with van der Waals surface area (Å²) < 4.78 is 0. The van der Waals surface area contributed by atoms with Crippen LogP contribution < -0.4 is 5.32 Å². The molecule has 0 radical (unpaired) electrons. The molecule has 26 heavy (non-hydrogen) atoms. The first kappa shape index (κ1) is 20.0. The molecule has 1 unspecified atom stereocenters. The van der Waals surface area contributed by atoms with Gasteiger partial charge in [0.05, 0.1) is 10.8 Å². The predicted molar refractivity (Wildman–Crippen MR) is 108 cm³/mol. The fourth-order valence-corrected chi connectivity index (χ4v) is 3.79. The van der Waals surface area contributed by atoms with Crippen molar-refractivity contribution in [3.8, 4) is 6.07 Å². The summed E-state index contributed by atoms with van der Waals surface area (Å²) >= 11 is 1.37. The zero-order chi connectivity index (χ0) is 19.4. The Morgan fingerprint density at radius 1 is 1.19 bits per heavy atom. The Hall–Kier alpha value is -2.32. The molecule has 0 spiro atoms. The van der Waals surface area contributed by atoms with Gasteiger partial charge in [-0.2, -0.15) is 5.26 Å². The number of pyridine rings is 1. The Labute approximate surface area is 160 Å². The minimum absolute atomic E-state index is 0.0622. The minimum Gasteiger partial charge on any atom is -0.325 e. The van der Waals surface area contributed by atoms with Crippen molar-refractivity contribution in [2.24, 2.45) is 0 Å². The second-order valence-electron chi connectivity index (χ2n) is 6.49. The smallest absolute Gasteiger partial charge is 0.237 e. The number of hydrogen-bond donors (Lipinski definition) is 1. The summed E-state index contributed by atoms with van der Waals surface area (Å²) in [4.78, 5) is 17.4. The maximum Gasteiger partial charge on any atom is 0.237 e. The van der Waals surface area contributed by atoms with Crippen LogP contribution in [0.15, 0.2) is 23.2 Å². The number of nitrogens with zero attached hydrogens (tertiary/aromatic N) is 2. The molecule has 1 aromatic carbocycles. The molecule has 0 aliphatic heterocycles. The second-order valence-corrected chi connectivity index (χ2v) is 7.68. The SMILES string of the molecule is CCC(Sc1nc(C)c(C)c(C)c1C#N)C(=O)Nc1cccc(C)c1C. The zero-order valence-electron chi connectivity index (χ0n) is 16.2. The molecule has 0 fully saturated rings. The van der Waals surface area contributed by atoms with E-state index < -0.39 is 0 Å². The molecule has 1 atom stereocenters. The summed E-state index contributed by atoms with van der Waals surface area (Å²) in [6.45, 7) is 11.8. The van der Waals surface area contributed by atoms with Crippen molar-refractivity contribution in [1.82, 2.24) is 4.98 Å². The van der Waals surface area contributed by atoms with Crippen molar-refractivity contribution < 1.29 is 4.79 Å². The average Bonchev–Trinajstić information content (AvgIpc) is 2.61. The van der Waals surface area contributed by atoms with Crippen LogP contribution in [0.2, 0.25) is 0 Å². The van der Waals surface area contributed by atoms with Crippen molar-refractivity contribution in [1.29, 1.82) is 5.26 Å². The summed E-state index contributed by atoms with van der Waals surface area (Å²) in [6, 6.07) is 8.13. The largest absolute Gasteiger partial charge is 0.325 e. The van der Waals surface area contributed by atoms with Gasteiger partial charge in [-0.25, -0.2) is 4.98 Å². The fourth-order valence-electron chi connectivity index (χ4n) is 2.69. The lowest BCUT2D eigenvalue weighted by Crippen LogP contribution is -2.25. The Balaban J connectivity index is 2.29. The average molecular weight is 368 g/mol. The third-order valence-corrected chi connectivity index (χ3v) is 6.21. The van der Waals surface area contributed by atoms with E-state index in [0.717, 1.165) is 33.6 Å². The summed E-state index contributed by atoms with van der Waals surface area (Å²) in [6.07, 6.45) is 0.653. The zero-order valence-corrected chi connectivity index (χ0v) is 17.0. The Morgan fingerprint density at radius 3 is 2.50 bits per heavy atom. The van der Waals surface area contributed by atoms with E-state index in [4.69, 9.17) is 0 Å². The molecular weight excluding hydrogens is 342 g/mol. The molecule has 0 saturated heterocycles. The Morgan fingerprint density at radius 2 is 1.88 bits per heavy atom. The number of anilines is 1. The van der Waals surface area contributed by atoms with Crippen molar-refractivity contribution in [3.05, 3.63) is 51.7 Å². The van der Waals surface area contributed by atoms with Gasteiger partial charge in [-0.3, -0.25) is 4.79 Å². The van der Waals surface area contributed by atoms with Gasteiger partial charge < -0.3 is 5.32 Å². The molecule has 2 rings (SSSR count). The first-order valence-electron chi connectivity index (χ1n) is 8.71. The molecule has 4 nitrogen and oxygen atoms in total. The number of nitriles is 1. The summed E-state index contributed by atoms with van der Waals surface area (Å²) in [7, 11) is 0. The lowest BCUT2D eigenvalue weighted by Gasteiger charge is -2.18. The van der Waals surface area contributed by atoms with Crippen LogP contribution in [0.3, 0.4) is 0 Å². The number of rotatable bonds is 5. The lowest BCUT2D eigenvalue weighted by molar-refractivity contribution is -0.115. The molecule has 0 saturated carbocycles. The van der Waals surface area contributed by atoms with Crippen LogP contribution in [-0.2, 0) is 4.79 Å². The topological polar surface area (TPSA) is 65.8 Å². The number of thioether (sulfide) groups is 1. The highest BCUT2D eigenvalue weighted by Crippen LogP contribution is 2.31. The van der Waals surface area contributed by atoms with Crippen LogP contribution in [0.25, 0.3) is 0 Å². The molecule has 0 aliphatic rings. The van der Waals surface area contributed by atoms with Crippen LogP contribution in [0.1, 0.15) is 46.9 Å². The first-order chi connectivity index (χ1) is 12.3. The van der Waals surface area contributed by atoms with E-state index in [9.17, 15) is 10.1 Å². The van der Waals surface area contributed by atoms with Gasteiger partial charge in [-0.05, 0) is 69.4 Å². The fraction of sp³-hybridized carbons (Fsp3) is 0.381. The molecule has 0 bridgehead atoms. The Kier molecular flexibility index (Phi) is 6.44. The molecular formula is C21H25N3OS. The maximum atomic E-state index is 12.8. The minimum atomic E-state index is -0.309. The summed E-state index contributed by atoms with van der Waals surface area (Å²) in [5.41, 5.74) is 6.47. The number of carbonyl (C=O) groups is 1. The normalized spacial score (nSPS) is 11.7. The van der Waals surface area contributed by atoms with Gasteiger partial charge in [0.25, 0.3) is 0 Å². The highest BCUT2D eigenvalue weighted by molar-refractivity contribution is 8.00. The van der Waals surface area contributed by atoms with Crippen LogP contribution in [0.5, 0.6) is 0 Å². The standard InChI is InChI=1S/C21H25N3OS/c1-7-19(20(25)24-18-10-8-9-12(2)13(18)3)26-21-17(11-22)15(5)14(4)16(6)23-21/h8-10,19H,7H2,1-6H3,(H,24,25). The molecule has 1 N–H and O–H groups in total. The predicted octanol–water partition coefficient (Wildman–Crippen LogP) is 5.00. The van der Waals surface area contributed by atoms with E-state index in [2.05, 4.69) is 16.4 Å². The molecule has 1 aromatic heterocycles. The Bertz CT molecular complexity index is 884. The summed E-state index contributed by atoms with van der Waals surface area (Å²) in [5, 5.41) is 12.9. The third kappa shape index (κ3) is 4.08. The molecule has 136 valence electrons. The molecule has 0 aliphatic carbocycles.